The second kappa shape index (κ2) is 7.14. The average molecular weight is 369 g/mol. The molecular weight excluding hydrogens is 350 g/mol. The number of nitrogen functional groups attached to an aromatic ring is 1. The van der Waals surface area contributed by atoms with Crippen molar-refractivity contribution in [2.45, 2.75) is 19.9 Å². The second-order valence-electron chi connectivity index (χ2n) is 5.37. The van der Waals surface area contributed by atoms with Gasteiger partial charge >= 0.3 is 0 Å². The van der Waals surface area contributed by atoms with E-state index in [0.29, 0.717) is 15.8 Å². The van der Waals surface area contributed by atoms with Crippen LogP contribution in [0.5, 0.6) is 0 Å². The van der Waals surface area contributed by atoms with Gasteiger partial charge in [-0.15, -0.1) is 10.2 Å². The average Bonchev–Trinajstić information content (AvgIpc) is 2.91. The third-order valence-electron chi connectivity index (χ3n) is 3.21. The van der Waals surface area contributed by atoms with Crippen molar-refractivity contribution in [2.24, 2.45) is 0 Å². The molecule has 0 saturated carbocycles. The highest BCUT2D eigenvalue weighted by Gasteiger charge is 2.22. The van der Waals surface area contributed by atoms with Gasteiger partial charge in [0.1, 0.15) is 11.6 Å². The Balaban J connectivity index is 2.12. The smallest absolute Gasteiger partial charge is 0.241 e. The molecule has 3 N–H and O–H groups in total. The normalized spacial score (nSPS) is 12.6. The largest absolute Gasteiger partial charge is 0.374 e. The van der Waals surface area contributed by atoms with Crippen LogP contribution < -0.4 is 15.4 Å². The maximum atomic E-state index is 12.2. The van der Waals surface area contributed by atoms with E-state index in [9.17, 15) is 13.2 Å². The van der Waals surface area contributed by atoms with Crippen molar-refractivity contribution in [3.63, 3.8) is 0 Å². The maximum Gasteiger partial charge on any atom is 0.241 e. The van der Waals surface area contributed by atoms with Gasteiger partial charge in [-0.3, -0.25) is 9.10 Å². The summed E-state index contributed by atoms with van der Waals surface area (Å²) in [5.41, 5.74) is 6.95. The number of anilines is 2. The van der Waals surface area contributed by atoms with Crippen LogP contribution in [0.2, 0.25) is 0 Å². The van der Waals surface area contributed by atoms with Crippen LogP contribution in [0.3, 0.4) is 0 Å². The number of nitrogens with two attached hydrogens (primary N) is 1. The molecule has 0 radical (unpaired) electrons. The fourth-order valence-corrected chi connectivity index (χ4v) is 3.48. The summed E-state index contributed by atoms with van der Waals surface area (Å²) in [5, 5.41) is 11.1. The predicted octanol–water partition coefficient (Wildman–Crippen LogP) is 1.07. The van der Waals surface area contributed by atoms with E-state index in [2.05, 4.69) is 15.5 Å². The highest BCUT2D eigenvalue weighted by Crippen LogP contribution is 2.20. The van der Waals surface area contributed by atoms with E-state index < -0.39 is 22.0 Å². The minimum atomic E-state index is -3.60. The molecule has 0 bridgehead atoms. The first kappa shape index (κ1) is 18.1. The van der Waals surface area contributed by atoms with Crippen LogP contribution in [-0.4, -0.2) is 37.3 Å². The molecule has 1 amide bonds. The summed E-state index contributed by atoms with van der Waals surface area (Å²) in [5.74, 6) is -0.442. The van der Waals surface area contributed by atoms with E-state index >= 15 is 0 Å². The third kappa shape index (κ3) is 4.65. The number of benzene rings is 1. The summed E-state index contributed by atoms with van der Waals surface area (Å²) >= 11 is 1.17. The number of hydrogen-bond donors (Lipinski definition) is 2. The minimum absolute atomic E-state index is 0.309. The number of aromatic nitrogens is 2. The number of carbonyl (C=O) groups excluding carboxylic acids is 1. The molecule has 130 valence electrons. The summed E-state index contributed by atoms with van der Waals surface area (Å²) in [4.78, 5) is 12.2. The van der Waals surface area contributed by atoms with Gasteiger partial charge in [0.25, 0.3) is 0 Å². The molecular formula is C14H19N5O3S2. The van der Waals surface area contributed by atoms with Gasteiger partial charge in [-0.1, -0.05) is 29.0 Å². The van der Waals surface area contributed by atoms with Crippen LogP contribution in [-0.2, 0) is 14.8 Å². The third-order valence-corrected chi connectivity index (χ3v) is 5.29. The Bertz CT molecular complexity index is 817. The molecule has 8 nitrogen and oxygen atoms in total. The zero-order valence-corrected chi connectivity index (χ0v) is 15.2. The molecule has 24 heavy (non-hydrogen) atoms. The van der Waals surface area contributed by atoms with E-state index in [1.165, 1.54) is 11.3 Å². The monoisotopic (exact) mass is 369 g/mol. The molecule has 2 rings (SSSR count). The Labute approximate surface area is 144 Å². The topological polar surface area (TPSA) is 118 Å². The molecule has 2 aromatic rings. The number of rotatable bonds is 6. The number of nitrogens with one attached hydrogen (secondary N) is 1. The number of carbonyl (C=O) groups is 1. The number of nitrogens with zero attached hydrogens (tertiary/aromatic N) is 3. The van der Waals surface area contributed by atoms with Gasteiger partial charge in [0.2, 0.25) is 21.1 Å². The molecule has 0 aliphatic rings. The highest BCUT2D eigenvalue weighted by molar-refractivity contribution is 7.92. The zero-order chi connectivity index (χ0) is 17.9. The first-order valence-electron chi connectivity index (χ1n) is 7.09. The van der Waals surface area contributed by atoms with E-state index in [-0.39, 0.29) is 6.54 Å². The molecule has 0 fully saturated rings. The molecule has 0 spiro atoms. The number of amides is 1. The van der Waals surface area contributed by atoms with Crippen molar-refractivity contribution in [1.29, 1.82) is 0 Å². The molecule has 1 unspecified atom stereocenters. The summed E-state index contributed by atoms with van der Waals surface area (Å²) < 4.78 is 25.1. The lowest BCUT2D eigenvalue weighted by molar-refractivity contribution is -0.120. The summed E-state index contributed by atoms with van der Waals surface area (Å²) in [6, 6.07) is 6.50. The lowest BCUT2D eigenvalue weighted by Crippen LogP contribution is -2.41. The molecule has 1 atom stereocenters. The quantitative estimate of drug-likeness (QED) is 0.786. The lowest BCUT2D eigenvalue weighted by atomic mass is 10.2. The number of hydrogen-bond acceptors (Lipinski definition) is 7. The van der Waals surface area contributed by atoms with Crippen LogP contribution in [0.1, 0.15) is 23.5 Å². The van der Waals surface area contributed by atoms with Crippen LogP contribution >= 0.6 is 11.3 Å². The first-order chi connectivity index (χ1) is 11.2. The van der Waals surface area contributed by atoms with Crippen molar-refractivity contribution in [3.05, 3.63) is 34.8 Å². The standard InChI is InChI=1S/C14H19N5O3S2/c1-9-4-6-11(7-5-9)19(24(3,21)22)8-12(20)16-10(2)13-17-18-14(15)23-13/h4-7,10H,8H2,1-3H3,(H2,15,18)(H,16,20). The summed E-state index contributed by atoms with van der Waals surface area (Å²) in [7, 11) is -3.60. The van der Waals surface area contributed by atoms with Gasteiger partial charge in [0, 0.05) is 0 Å². The molecule has 10 heteroatoms. The van der Waals surface area contributed by atoms with Crippen molar-refractivity contribution < 1.29 is 13.2 Å². The van der Waals surface area contributed by atoms with Crippen LogP contribution in [0, 0.1) is 6.92 Å². The molecule has 1 heterocycles. The molecule has 0 aliphatic heterocycles. The van der Waals surface area contributed by atoms with Crippen LogP contribution in [0.4, 0.5) is 10.8 Å². The zero-order valence-electron chi connectivity index (χ0n) is 13.6. The Hall–Kier alpha value is -2.20. The highest BCUT2D eigenvalue weighted by atomic mass is 32.2. The number of sulfonamides is 1. The van der Waals surface area contributed by atoms with Gasteiger partial charge in [0.15, 0.2) is 0 Å². The van der Waals surface area contributed by atoms with E-state index in [0.717, 1.165) is 16.1 Å². The SMILES string of the molecule is Cc1ccc(N(CC(=O)NC(C)c2nnc(N)s2)S(C)(=O)=O)cc1. The van der Waals surface area contributed by atoms with E-state index in [1.54, 1.807) is 31.2 Å². The van der Waals surface area contributed by atoms with E-state index in [4.69, 9.17) is 5.73 Å². The van der Waals surface area contributed by atoms with Gasteiger partial charge < -0.3 is 11.1 Å². The maximum absolute atomic E-state index is 12.2. The van der Waals surface area contributed by atoms with E-state index in [1.807, 2.05) is 6.92 Å². The second-order valence-corrected chi connectivity index (χ2v) is 8.32. The van der Waals surface area contributed by atoms with Gasteiger partial charge in [-0.25, -0.2) is 8.42 Å². The predicted molar refractivity (Wildman–Crippen MR) is 94.2 cm³/mol. The molecule has 1 aromatic heterocycles. The first-order valence-corrected chi connectivity index (χ1v) is 9.76. The summed E-state index contributed by atoms with van der Waals surface area (Å²) in [6.07, 6.45) is 1.06. The van der Waals surface area contributed by atoms with Crippen molar-refractivity contribution in [3.8, 4) is 0 Å². The van der Waals surface area contributed by atoms with Gasteiger partial charge in [-0.2, -0.15) is 0 Å². The molecule has 1 aromatic carbocycles. The fourth-order valence-electron chi connectivity index (χ4n) is 2.01. The molecule has 0 aliphatic carbocycles. The van der Waals surface area contributed by atoms with Crippen molar-refractivity contribution in [2.75, 3.05) is 22.8 Å². The number of aryl methyl sites for hydroxylation is 1. The van der Waals surface area contributed by atoms with Crippen molar-refractivity contribution >= 4 is 38.1 Å². The lowest BCUT2D eigenvalue weighted by Gasteiger charge is -2.22. The Kier molecular flexibility index (Phi) is 5.40. The summed E-state index contributed by atoms with van der Waals surface area (Å²) in [6.45, 7) is 3.31. The van der Waals surface area contributed by atoms with Gasteiger partial charge in [-0.05, 0) is 26.0 Å². The minimum Gasteiger partial charge on any atom is -0.374 e. The Morgan fingerprint density at radius 3 is 2.46 bits per heavy atom. The fraction of sp³-hybridized carbons (Fsp3) is 0.357. The molecule has 0 saturated heterocycles. The Morgan fingerprint density at radius 1 is 1.33 bits per heavy atom. The van der Waals surface area contributed by atoms with Crippen molar-refractivity contribution in [1.82, 2.24) is 15.5 Å². The van der Waals surface area contributed by atoms with Crippen LogP contribution in [0.15, 0.2) is 24.3 Å². The van der Waals surface area contributed by atoms with Crippen LogP contribution in [0.25, 0.3) is 0 Å². The Morgan fingerprint density at radius 2 is 1.96 bits per heavy atom. The van der Waals surface area contributed by atoms with Gasteiger partial charge in [0.05, 0.1) is 18.0 Å².